The van der Waals surface area contributed by atoms with Crippen LogP contribution in [0.25, 0.3) is 11.3 Å². The largest absolute Gasteiger partial charge is 0.573 e. The van der Waals surface area contributed by atoms with Gasteiger partial charge in [0.1, 0.15) is 5.75 Å². The Morgan fingerprint density at radius 3 is 2.32 bits per heavy atom. The lowest BCUT2D eigenvalue weighted by molar-refractivity contribution is -0.274. The molecular formula is C14H9F4NO3. The Morgan fingerprint density at radius 2 is 1.77 bits per heavy atom. The second-order valence-electron chi connectivity index (χ2n) is 4.28. The molecule has 0 spiro atoms. The Morgan fingerprint density at radius 1 is 1.14 bits per heavy atom. The second kappa shape index (κ2) is 6.00. The average Bonchev–Trinajstić information content (AvgIpc) is 2.39. The zero-order valence-electron chi connectivity index (χ0n) is 10.9. The highest BCUT2D eigenvalue weighted by Gasteiger charge is 2.31. The van der Waals surface area contributed by atoms with Crippen LogP contribution in [-0.2, 0) is 11.2 Å². The van der Waals surface area contributed by atoms with E-state index in [1.807, 2.05) is 0 Å². The zero-order valence-corrected chi connectivity index (χ0v) is 10.9. The van der Waals surface area contributed by atoms with E-state index in [2.05, 4.69) is 9.72 Å². The van der Waals surface area contributed by atoms with E-state index >= 15 is 0 Å². The number of pyridine rings is 1. The third-order valence-electron chi connectivity index (χ3n) is 2.65. The number of carboxylic acid groups (broad SMARTS) is 1. The molecule has 22 heavy (non-hydrogen) atoms. The second-order valence-corrected chi connectivity index (χ2v) is 4.28. The normalized spacial score (nSPS) is 11.3. The number of aliphatic carboxylic acids is 1. The maximum atomic E-state index is 13.2. The highest BCUT2D eigenvalue weighted by atomic mass is 19.4. The van der Waals surface area contributed by atoms with Gasteiger partial charge in [0.2, 0.25) is 5.95 Å². The van der Waals surface area contributed by atoms with Gasteiger partial charge in [-0.1, -0.05) is 6.07 Å². The minimum absolute atomic E-state index is 0.0564. The molecule has 0 radical (unpaired) electrons. The van der Waals surface area contributed by atoms with E-state index in [0.29, 0.717) is 0 Å². The van der Waals surface area contributed by atoms with Crippen molar-refractivity contribution in [2.45, 2.75) is 12.8 Å². The summed E-state index contributed by atoms with van der Waals surface area (Å²) in [6.07, 6.45) is -5.20. The van der Waals surface area contributed by atoms with Crippen LogP contribution in [0.1, 0.15) is 5.56 Å². The van der Waals surface area contributed by atoms with Crippen molar-refractivity contribution >= 4 is 5.97 Å². The van der Waals surface area contributed by atoms with E-state index in [4.69, 9.17) is 5.11 Å². The quantitative estimate of drug-likeness (QED) is 0.694. The molecule has 116 valence electrons. The standard InChI is InChI=1S/C14H9F4NO3/c15-11-6-3-9(7-12(20)21)13(19-11)8-1-4-10(5-2-8)22-14(16,17)18/h1-6H,7H2,(H,20,21). The molecule has 0 aliphatic carbocycles. The molecule has 2 rings (SSSR count). The van der Waals surface area contributed by atoms with Crippen LogP contribution in [0.4, 0.5) is 17.6 Å². The van der Waals surface area contributed by atoms with Crippen LogP contribution in [0, 0.1) is 5.95 Å². The number of benzene rings is 1. The minimum atomic E-state index is -4.81. The predicted octanol–water partition coefficient (Wildman–Crippen LogP) is 3.41. The van der Waals surface area contributed by atoms with Gasteiger partial charge in [-0.2, -0.15) is 4.39 Å². The molecule has 8 heteroatoms. The van der Waals surface area contributed by atoms with Crippen molar-refractivity contribution in [1.82, 2.24) is 4.98 Å². The van der Waals surface area contributed by atoms with E-state index < -0.39 is 24.0 Å². The Kier molecular flexibility index (Phi) is 4.30. The molecule has 1 heterocycles. The number of halogens is 4. The third kappa shape index (κ3) is 4.18. The highest BCUT2D eigenvalue weighted by molar-refractivity contribution is 5.75. The van der Waals surface area contributed by atoms with E-state index in [0.717, 1.165) is 18.2 Å². The number of hydrogen-bond acceptors (Lipinski definition) is 3. The molecule has 0 aliphatic heterocycles. The fraction of sp³-hybridized carbons (Fsp3) is 0.143. The van der Waals surface area contributed by atoms with Gasteiger partial charge in [-0.15, -0.1) is 13.2 Å². The molecule has 4 nitrogen and oxygen atoms in total. The Bertz CT molecular complexity index is 683. The molecule has 0 aliphatic rings. The molecule has 0 unspecified atom stereocenters. The molecule has 2 aromatic rings. The van der Waals surface area contributed by atoms with Gasteiger partial charge in [0.25, 0.3) is 0 Å². The van der Waals surface area contributed by atoms with Crippen molar-refractivity contribution < 1.29 is 32.2 Å². The van der Waals surface area contributed by atoms with Gasteiger partial charge in [0.05, 0.1) is 12.1 Å². The zero-order chi connectivity index (χ0) is 16.3. The van der Waals surface area contributed by atoms with Gasteiger partial charge >= 0.3 is 12.3 Å². The molecule has 0 atom stereocenters. The van der Waals surface area contributed by atoms with E-state index in [1.54, 1.807) is 0 Å². The topological polar surface area (TPSA) is 59.4 Å². The maximum Gasteiger partial charge on any atom is 0.573 e. The first-order valence-electron chi connectivity index (χ1n) is 5.98. The first kappa shape index (κ1) is 15.7. The number of ether oxygens (including phenoxy) is 1. The van der Waals surface area contributed by atoms with Crippen molar-refractivity contribution in [3.8, 4) is 17.0 Å². The molecule has 0 bridgehead atoms. The number of carboxylic acids is 1. The number of hydrogen-bond donors (Lipinski definition) is 1. The summed E-state index contributed by atoms with van der Waals surface area (Å²) in [5, 5.41) is 8.81. The van der Waals surface area contributed by atoms with Crippen molar-refractivity contribution in [2.75, 3.05) is 0 Å². The fourth-order valence-corrected chi connectivity index (χ4v) is 1.83. The summed E-state index contributed by atoms with van der Waals surface area (Å²) in [6.45, 7) is 0. The molecule has 0 amide bonds. The molecule has 1 aromatic carbocycles. The van der Waals surface area contributed by atoms with Gasteiger partial charge in [-0.25, -0.2) is 4.98 Å². The van der Waals surface area contributed by atoms with Gasteiger partial charge in [-0.05, 0) is 35.9 Å². The first-order chi connectivity index (χ1) is 10.2. The monoisotopic (exact) mass is 315 g/mol. The average molecular weight is 315 g/mol. The number of carbonyl (C=O) groups is 1. The van der Waals surface area contributed by atoms with Crippen LogP contribution in [0.2, 0.25) is 0 Å². The van der Waals surface area contributed by atoms with Crippen LogP contribution in [0.5, 0.6) is 5.75 Å². The van der Waals surface area contributed by atoms with Crippen molar-refractivity contribution in [1.29, 1.82) is 0 Å². The SMILES string of the molecule is O=C(O)Cc1ccc(F)nc1-c1ccc(OC(F)(F)F)cc1. The van der Waals surface area contributed by atoms with Crippen LogP contribution in [-0.4, -0.2) is 22.4 Å². The van der Waals surface area contributed by atoms with Crippen molar-refractivity contribution in [2.24, 2.45) is 0 Å². The Hall–Kier alpha value is -2.64. The lowest BCUT2D eigenvalue weighted by atomic mass is 10.0. The molecular weight excluding hydrogens is 306 g/mol. The van der Waals surface area contributed by atoms with Gasteiger partial charge < -0.3 is 9.84 Å². The molecule has 1 N–H and O–H groups in total. The van der Waals surface area contributed by atoms with Crippen molar-refractivity contribution in [3.05, 3.63) is 47.9 Å². The summed E-state index contributed by atoms with van der Waals surface area (Å²) >= 11 is 0. The predicted molar refractivity (Wildman–Crippen MR) is 67.7 cm³/mol. The summed E-state index contributed by atoms with van der Waals surface area (Å²) in [5.41, 5.74) is 0.588. The Balaban J connectivity index is 2.35. The highest BCUT2D eigenvalue weighted by Crippen LogP contribution is 2.27. The number of alkyl halides is 3. The minimum Gasteiger partial charge on any atom is -0.481 e. The molecule has 0 saturated heterocycles. The number of nitrogens with zero attached hydrogens (tertiary/aromatic N) is 1. The Labute approximate surface area is 122 Å². The fourth-order valence-electron chi connectivity index (χ4n) is 1.83. The van der Waals surface area contributed by atoms with Crippen LogP contribution >= 0.6 is 0 Å². The number of aromatic nitrogens is 1. The summed E-state index contributed by atoms with van der Waals surface area (Å²) in [6, 6.07) is 6.86. The van der Waals surface area contributed by atoms with Gasteiger partial charge in [0.15, 0.2) is 0 Å². The lowest BCUT2D eigenvalue weighted by Gasteiger charge is -2.10. The number of rotatable bonds is 4. The molecule has 0 fully saturated rings. The van der Waals surface area contributed by atoms with Crippen LogP contribution < -0.4 is 4.74 Å². The van der Waals surface area contributed by atoms with E-state index in [9.17, 15) is 22.4 Å². The lowest BCUT2D eigenvalue weighted by Crippen LogP contribution is -2.16. The first-order valence-corrected chi connectivity index (χ1v) is 5.98. The summed E-state index contributed by atoms with van der Waals surface area (Å²) < 4.78 is 53.2. The molecule has 1 aromatic heterocycles. The third-order valence-corrected chi connectivity index (χ3v) is 2.65. The smallest absolute Gasteiger partial charge is 0.481 e. The van der Waals surface area contributed by atoms with Crippen LogP contribution in [0.3, 0.4) is 0 Å². The maximum absolute atomic E-state index is 13.2. The van der Waals surface area contributed by atoms with Crippen LogP contribution in [0.15, 0.2) is 36.4 Å². The summed E-state index contributed by atoms with van der Waals surface area (Å²) in [7, 11) is 0. The molecule has 0 saturated carbocycles. The van der Waals surface area contributed by atoms with E-state index in [1.165, 1.54) is 18.2 Å². The summed E-state index contributed by atoms with van der Waals surface area (Å²) in [4.78, 5) is 14.4. The van der Waals surface area contributed by atoms with Gasteiger partial charge in [-0.3, -0.25) is 4.79 Å². The van der Waals surface area contributed by atoms with Gasteiger partial charge in [0, 0.05) is 5.56 Å². The van der Waals surface area contributed by atoms with Crippen molar-refractivity contribution in [3.63, 3.8) is 0 Å². The summed E-state index contributed by atoms with van der Waals surface area (Å²) in [5.74, 6) is -2.39. The van der Waals surface area contributed by atoms with E-state index in [-0.39, 0.29) is 23.2 Å².